The highest BCUT2D eigenvalue weighted by Crippen LogP contribution is 2.30. The first kappa shape index (κ1) is 50.7. The Morgan fingerprint density at radius 2 is 0.909 bits per heavy atom. The van der Waals surface area contributed by atoms with Gasteiger partial charge < -0.3 is 21.3 Å². The third-order valence-electron chi connectivity index (χ3n) is 10.0. The number of nitrogens with one attached hydrogen (secondary N) is 4. The molecule has 5 aromatic carbocycles. The van der Waals surface area contributed by atoms with Crippen LogP contribution in [-0.2, 0) is 44.9 Å². The Morgan fingerprint density at radius 1 is 0.515 bits per heavy atom. The second-order valence-electron chi connectivity index (χ2n) is 14.8. The molecule has 0 fully saturated rings. The molecule has 0 aliphatic heterocycles. The lowest BCUT2D eigenvalue weighted by molar-refractivity contribution is -0.127. The molecule has 0 bridgehead atoms. The Bertz CT molecular complexity index is 2650. The van der Waals surface area contributed by atoms with Crippen LogP contribution in [0.3, 0.4) is 0 Å². The highest BCUT2D eigenvalue weighted by Gasteiger charge is 2.27. The van der Waals surface area contributed by atoms with E-state index in [9.17, 15) is 28.8 Å². The number of rotatable bonds is 20. The number of carbonyl (C=O) groups is 6. The van der Waals surface area contributed by atoms with Crippen molar-refractivity contribution in [1.82, 2.24) is 0 Å². The van der Waals surface area contributed by atoms with Crippen molar-refractivity contribution in [3.63, 3.8) is 0 Å². The molecule has 5 aromatic rings. The van der Waals surface area contributed by atoms with Crippen LogP contribution < -0.4 is 21.3 Å². The fraction of sp³-hybridized carbons (Fsp3) is 0.250. The van der Waals surface area contributed by atoms with Crippen molar-refractivity contribution in [3.8, 4) is 0 Å². The number of Topliss-reactive ketones (excluding diaryl/α,β-unsaturated/α-hetero) is 2. The normalized spacial score (nSPS) is 12.1. The Hall–Kier alpha value is -6.32. The second-order valence-corrected chi connectivity index (χ2v) is 16.4. The van der Waals surface area contributed by atoms with E-state index in [0.717, 1.165) is 11.1 Å². The van der Waals surface area contributed by atoms with Crippen molar-refractivity contribution < 1.29 is 28.8 Å². The highest BCUT2D eigenvalue weighted by molar-refractivity contribution is 6.35. The lowest BCUT2D eigenvalue weighted by Crippen LogP contribution is -2.33. The predicted octanol–water partition coefficient (Wildman–Crippen LogP) is 11.5. The summed E-state index contributed by atoms with van der Waals surface area (Å²) in [5.41, 5.74) is 5.63. The van der Waals surface area contributed by atoms with Gasteiger partial charge >= 0.3 is 0 Å². The van der Waals surface area contributed by atoms with Gasteiger partial charge in [0.2, 0.25) is 12.1 Å². The monoisotopic (exact) mass is 970 g/mol. The van der Waals surface area contributed by atoms with Crippen LogP contribution in [0, 0.1) is 0 Å². The molecular formula is C48H46Cl4N8O6. The number of aryl methyl sites for hydroxylation is 4. The van der Waals surface area contributed by atoms with E-state index < -0.39 is 47.3 Å². The standard InChI is InChI=1S/C48H46Cl4N8O6/c1-5-31-23-37(55-47(65)42(27(3)61)59-57-35-15-17-40(51)38(25-35)45(63)53-33-11-7-29(8-12-33)19-21-49)24-32(6-2)44(31)56-48(66)43(28(4)62)60-58-36-16-18-41(52)39(26-36)46(64)54-34-13-9-30(10-14-34)20-22-50/h7-18,23-26,42-43H,5-6,19-22H2,1-4H3,(H,53,63)(H,54,64)(H,55,65)(H,56,66). The van der Waals surface area contributed by atoms with Gasteiger partial charge in [0.15, 0.2) is 11.6 Å². The summed E-state index contributed by atoms with van der Waals surface area (Å²) in [7, 11) is 0. The van der Waals surface area contributed by atoms with Crippen molar-refractivity contribution in [2.75, 3.05) is 33.0 Å². The van der Waals surface area contributed by atoms with Gasteiger partial charge in [0.1, 0.15) is 0 Å². The van der Waals surface area contributed by atoms with Crippen molar-refractivity contribution in [1.29, 1.82) is 0 Å². The van der Waals surface area contributed by atoms with Gasteiger partial charge in [-0.1, -0.05) is 61.3 Å². The van der Waals surface area contributed by atoms with Crippen molar-refractivity contribution in [2.45, 2.75) is 65.5 Å². The first-order valence-electron chi connectivity index (χ1n) is 20.8. The predicted molar refractivity (Wildman–Crippen MR) is 261 cm³/mol. The lowest BCUT2D eigenvalue weighted by atomic mass is 10.0. The summed E-state index contributed by atoms with van der Waals surface area (Å²) in [4.78, 5) is 78.9. The molecule has 2 atom stereocenters. The average molecular weight is 973 g/mol. The topological polar surface area (TPSA) is 200 Å². The van der Waals surface area contributed by atoms with Gasteiger partial charge in [-0.2, -0.15) is 20.5 Å². The Morgan fingerprint density at radius 3 is 1.27 bits per heavy atom. The van der Waals surface area contributed by atoms with Crippen LogP contribution in [0.5, 0.6) is 0 Å². The molecule has 0 aliphatic carbocycles. The van der Waals surface area contributed by atoms with Crippen molar-refractivity contribution >= 4 is 116 Å². The molecule has 0 heterocycles. The Balaban J connectivity index is 1.28. The first-order valence-corrected chi connectivity index (χ1v) is 22.6. The number of nitrogens with zero attached hydrogens (tertiary/aromatic N) is 4. The van der Waals surface area contributed by atoms with Crippen molar-refractivity contribution in [3.05, 3.63) is 140 Å². The van der Waals surface area contributed by atoms with Crippen LogP contribution in [0.1, 0.15) is 70.7 Å². The summed E-state index contributed by atoms with van der Waals surface area (Å²) >= 11 is 24.3. The molecule has 18 heteroatoms. The summed E-state index contributed by atoms with van der Waals surface area (Å²) in [6.45, 7) is 6.09. The number of carbonyl (C=O) groups excluding carboxylic acids is 6. The van der Waals surface area contributed by atoms with Crippen LogP contribution >= 0.6 is 46.4 Å². The summed E-state index contributed by atoms with van der Waals surface area (Å²) < 4.78 is 0. The number of hydrogen-bond acceptors (Lipinski definition) is 10. The molecule has 0 saturated heterocycles. The second kappa shape index (κ2) is 24.3. The third kappa shape index (κ3) is 13.8. The number of azo groups is 2. The van der Waals surface area contributed by atoms with Crippen molar-refractivity contribution in [2.24, 2.45) is 20.5 Å². The number of hydrogen-bond donors (Lipinski definition) is 4. The maximum Gasteiger partial charge on any atom is 0.258 e. The van der Waals surface area contributed by atoms with E-state index in [2.05, 4.69) is 41.7 Å². The van der Waals surface area contributed by atoms with Crippen LogP contribution in [0.4, 0.5) is 34.1 Å². The van der Waals surface area contributed by atoms with E-state index in [1.165, 1.54) is 50.2 Å². The molecule has 0 spiro atoms. The van der Waals surface area contributed by atoms with Gasteiger partial charge in [0, 0.05) is 34.5 Å². The molecule has 4 N–H and O–H groups in total. The zero-order chi connectivity index (χ0) is 47.9. The summed E-state index contributed by atoms with van der Waals surface area (Å²) in [6, 6.07) is 23.3. The molecule has 0 saturated carbocycles. The molecule has 14 nitrogen and oxygen atoms in total. The fourth-order valence-electron chi connectivity index (χ4n) is 6.47. The Labute approximate surface area is 402 Å². The van der Waals surface area contributed by atoms with Gasteiger partial charge in [0.05, 0.1) is 32.5 Å². The molecular weight excluding hydrogens is 926 g/mol. The van der Waals surface area contributed by atoms with E-state index in [1.807, 2.05) is 38.1 Å². The summed E-state index contributed by atoms with van der Waals surface area (Å²) in [5, 5.41) is 27.8. The molecule has 66 heavy (non-hydrogen) atoms. The van der Waals surface area contributed by atoms with Gasteiger partial charge in [-0.05, 0) is 135 Å². The molecule has 342 valence electrons. The Kier molecular flexibility index (Phi) is 18.6. The molecule has 0 aliphatic rings. The number of alkyl halides is 2. The molecule has 5 rings (SSSR count). The zero-order valence-corrected chi connectivity index (χ0v) is 39.4. The van der Waals surface area contributed by atoms with Crippen LogP contribution in [0.25, 0.3) is 0 Å². The van der Waals surface area contributed by atoms with Gasteiger partial charge in [-0.25, -0.2) is 0 Å². The average Bonchev–Trinajstić information content (AvgIpc) is 3.29. The van der Waals surface area contributed by atoms with E-state index >= 15 is 0 Å². The molecule has 0 aromatic heterocycles. The summed E-state index contributed by atoms with van der Waals surface area (Å²) in [5.74, 6) is -2.77. The largest absolute Gasteiger partial charge is 0.324 e. The number of amides is 4. The maximum atomic E-state index is 13.7. The van der Waals surface area contributed by atoms with Crippen LogP contribution in [0.2, 0.25) is 10.0 Å². The van der Waals surface area contributed by atoms with Crippen LogP contribution in [-0.4, -0.2) is 59.0 Å². The van der Waals surface area contributed by atoms with E-state index in [-0.39, 0.29) is 32.5 Å². The zero-order valence-electron chi connectivity index (χ0n) is 36.4. The lowest BCUT2D eigenvalue weighted by Gasteiger charge is -2.19. The first-order chi connectivity index (χ1) is 31.6. The number of benzene rings is 5. The number of halogens is 4. The SMILES string of the molecule is CCc1cc(NC(=O)C(N=Nc2ccc(Cl)c(C(=O)Nc3ccc(CCCl)cc3)c2)C(C)=O)cc(CC)c1NC(=O)C(N=Nc1ccc(Cl)c(C(=O)Nc2ccc(CCCl)cc2)c1)C(C)=O. The third-order valence-corrected chi connectivity index (χ3v) is 11.0. The van der Waals surface area contributed by atoms with Gasteiger partial charge in [-0.3, -0.25) is 28.8 Å². The molecule has 4 amide bonds. The minimum absolute atomic E-state index is 0.101. The van der Waals surface area contributed by atoms with E-state index in [4.69, 9.17) is 46.4 Å². The maximum absolute atomic E-state index is 13.7. The van der Waals surface area contributed by atoms with Crippen LogP contribution in [0.15, 0.2) is 118 Å². The highest BCUT2D eigenvalue weighted by atomic mass is 35.5. The molecule has 0 radical (unpaired) electrons. The van der Waals surface area contributed by atoms with E-state index in [0.29, 0.717) is 71.3 Å². The molecule has 2 unspecified atom stereocenters. The van der Waals surface area contributed by atoms with Gasteiger partial charge in [-0.15, -0.1) is 23.2 Å². The van der Waals surface area contributed by atoms with E-state index in [1.54, 1.807) is 36.4 Å². The fourth-order valence-corrected chi connectivity index (χ4v) is 7.31. The quantitative estimate of drug-likeness (QED) is 0.0340. The number of ketones is 2. The minimum atomic E-state index is -1.55. The minimum Gasteiger partial charge on any atom is -0.324 e. The number of anilines is 4. The van der Waals surface area contributed by atoms with Gasteiger partial charge in [0.25, 0.3) is 23.6 Å². The summed E-state index contributed by atoms with van der Waals surface area (Å²) in [6.07, 6.45) is 2.17. The smallest absolute Gasteiger partial charge is 0.258 e.